The SMILES string of the molecule is [2H]C1CCN(c2c(C)cccc2F)CC1. The zero-order chi connectivity index (χ0) is 10.8. The van der Waals surface area contributed by atoms with E-state index in [4.69, 9.17) is 1.37 Å². The van der Waals surface area contributed by atoms with E-state index in [9.17, 15) is 4.39 Å². The van der Waals surface area contributed by atoms with Gasteiger partial charge in [-0.1, -0.05) is 12.1 Å². The molecular formula is C12H16FN. The summed E-state index contributed by atoms with van der Waals surface area (Å²) in [5.41, 5.74) is 1.71. The molecule has 1 aliphatic rings. The summed E-state index contributed by atoms with van der Waals surface area (Å²) in [6.45, 7) is 3.54. The molecule has 0 spiro atoms. The van der Waals surface area contributed by atoms with E-state index in [1.807, 2.05) is 13.0 Å². The highest BCUT2D eigenvalue weighted by Gasteiger charge is 2.15. The van der Waals surface area contributed by atoms with Gasteiger partial charge in [-0.05, 0) is 37.8 Å². The van der Waals surface area contributed by atoms with E-state index in [1.54, 1.807) is 6.07 Å². The first-order valence-corrected chi connectivity index (χ1v) is 5.11. The van der Waals surface area contributed by atoms with Crippen LogP contribution in [-0.4, -0.2) is 13.1 Å². The summed E-state index contributed by atoms with van der Waals surface area (Å²) in [4.78, 5) is 2.07. The van der Waals surface area contributed by atoms with E-state index in [0.29, 0.717) is 0 Å². The van der Waals surface area contributed by atoms with Gasteiger partial charge in [-0.3, -0.25) is 0 Å². The van der Waals surface area contributed by atoms with E-state index in [0.717, 1.165) is 37.2 Å². The molecule has 0 saturated carbocycles. The molecule has 2 rings (SSSR count). The molecule has 0 aromatic heterocycles. The lowest BCUT2D eigenvalue weighted by Crippen LogP contribution is -2.30. The van der Waals surface area contributed by atoms with Crippen molar-refractivity contribution < 1.29 is 5.76 Å². The molecule has 0 radical (unpaired) electrons. The number of anilines is 1. The second-order valence-electron chi connectivity index (χ2n) is 3.76. The maximum atomic E-state index is 13.6. The zero-order valence-electron chi connectivity index (χ0n) is 9.46. The number of hydrogen-bond acceptors (Lipinski definition) is 1. The lowest BCUT2D eigenvalue weighted by molar-refractivity contribution is 0.555. The summed E-state index contributed by atoms with van der Waals surface area (Å²) in [7, 11) is 0. The third-order valence-corrected chi connectivity index (χ3v) is 2.71. The normalized spacial score (nSPS) is 19.6. The fourth-order valence-corrected chi connectivity index (χ4v) is 2.00. The number of nitrogens with zero attached hydrogens (tertiary/aromatic N) is 1. The molecule has 1 aromatic carbocycles. The minimum Gasteiger partial charge on any atom is -0.369 e. The average molecular weight is 194 g/mol. The van der Waals surface area contributed by atoms with Crippen LogP contribution in [0.4, 0.5) is 10.1 Å². The molecule has 14 heavy (non-hydrogen) atoms. The highest BCUT2D eigenvalue weighted by Crippen LogP contribution is 2.26. The molecule has 1 fully saturated rings. The Kier molecular flexibility index (Phi) is 2.36. The number of hydrogen-bond donors (Lipinski definition) is 0. The number of rotatable bonds is 1. The van der Waals surface area contributed by atoms with Crippen LogP contribution in [0.1, 0.15) is 26.2 Å². The topological polar surface area (TPSA) is 3.24 Å². The zero-order valence-corrected chi connectivity index (χ0v) is 8.46. The third-order valence-electron chi connectivity index (χ3n) is 2.71. The minimum absolute atomic E-state index is 0.0355. The Morgan fingerprint density at radius 2 is 2.07 bits per heavy atom. The maximum Gasteiger partial charge on any atom is 0.146 e. The molecule has 1 aliphatic heterocycles. The van der Waals surface area contributed by atoms with Gasteiger partial charge in [0.25, 0.3) is 0 Å². The van der Waals surface area contributed by atoms with Gasteiger partial charge in [0.15, 0.2) is 0 Å². The first-order chi connectivity index (χ1) is 7.18. The molecule has 1 heterocycles. The first-order valence-electron chi connectivity index (χ1n) is 5.68. The van der Waals surface area contributed by atoms with Crippen LogP contribution in [0, 0.1) is 12.7 Å². The van der Waals surface area contributed by atoms with Gasteiger partial charge in [-0.25, -0.2) is 4.39 Å². The van der Waals surface area contributed by atoms with Gasteiger partial charge in [0.05, 0.1) is 5.69 Å². The molecule has 0 amide bonds. The minimum atomic E-state index is -0.140. The largest absolute Gasteiger partial charge is 0.369 e. The van der Waals surface area contributed by atoms with E-state index in [1.165, 1.54) is 6.07 Å². The molecule has 76 valence electrons. The molecule has 0 bridgehead atoms. The van der Waals surface area contributed by atoms with Crippen molar-refractivity contribution in [2.45, 2.75) is 26.2 Å². The van der Waals surface area contributed by atoms with Gasteiger partial charge in [-0.15, -0.1) is 0 Å². The van der Waals surface area contributed by atoms with Crippen LogP contribution in [0.3, 0.4) is 0 Å². The fraction of sp³-hybridized carbons (Fsp3) is 0.500. The Hall–Kier alpha value is -1.05. The standard InChI is InChI=1S/C12H16FN/c1-10-6-5-7-11(13)12(10)14-8-3-2-4-9-14/h5-7H,2-4,8-9H2,1H3/i2D. The summed E-state index contributed by atoms with van der Waals surface area (Å²) in [5, 5.41) is 0. The van der Waals surface area contributed by atoms with Crippen LogP contribution < -0.4 is 4.90 Å². The number of piperidine rings is 1. The summed E-state index contributed by atoms with van der Waals surface area (Å²) in [6, 6.07) is 5.19. The second-order valence-corrected chi connectivity index (χ2v) is 3.76. The third kappa shape index (κ3) is 1.74. The lowest BCUT2D eigenvalue weighted by Gasteiger charge is -2.30. The molecule has 0 aliphatic carbocycles. The first kappa shape index (κ1) is 8.27. The summed E-state index contributed by atoms with van der Waals surface area (Å²) >= 11 is 0. The Morgan fingerprint density at radius 3 is 2.71 bits per heavy atom. The van der Waals surface area contributed by atoms with Gasteiger partial charge in [0.2, 0.25) is 0 Å². The van der Waals surface area contributed by atoms with Crippen molar-refractivity contribution >= 4 is 5.69 Å². The molecule has 2 heteroatoms. The number of benzene rings is 1. The second kappa shape index (κ2) is 3.99. The van der Waals surface area contributed by atoms with Crippen molar-refractivity contribution in [1.29, 1.82) is 0 Å². The maximum absolute atomic E-state index is 13.6. The molecule has 0 unspecified atom stereocenters. The van der Waals surface area contributed by atoms with Crippen molar-refractivity contribution in [1.82, 2.24) is 0 Å². The van der Waals surface area contributed by atoms with E-state index < -0.39 is 0 Å². The lowest BCUT2D eigenvalue weighted by atomic mass is 10.1. The summed E-state index contributed by atoms with van der Waals surface area (Å²) in [6.07, 6.45) is 1.72. The Bertz CT molecular complexity index is 325. The molecule has 1 nitrogen and oxygen atoms in total. The van der Waals surface area contributed by atoms with Crippen LogP contribution in [0.2, 0.25) is 0 Å². The Morgan fingerprint density at radius 1 is 1.36 bits per heavy atom. The predicted octanol–water partition coefficient (Wildman–Crippen LogP) is 3.12. The predicted molar refractivity (Wildman–Crippen MR) is 57.2 cm³/mol. The van der Waals surface area contributed by atoms with Crippen molar-refractivity contribution in [2.75, 3.05) is 18.0 Å². The molecular weight excluding hydrogens is 177 g/mol. The van der Waals surface area contributed by atoms with E-state index in [-0.39, 0.29) is 12.2 Å². The van der Waals surface area contributed by atoms with Crippen LogP contribution in [0.5, 0.6) is 0 Å². The molecule has 1 aromatic rings. The molecule has 0 atom stereocenters. The number of aryl methyl sites for hydroxylation is 1. The van der Waals surface area contributed by atoms with Crippen LogP contribution in [-0.2, 0) is 0 Å². The highest BCUT2D eigenvalue weighted by molar-refractivity contribution is 5.54. The van der Waals surface area contributed by atoms with Gasteiger partial charge in [0.1, 0.15) is 5.82 Å². The van der Waals surface area contributed by atoms with Crippen molar-refractivity contribution in [2.24, 2.45) is 0 Å². The monoisotopic (exact) mass is 194 g/mol. The summed E-state index contributed by atoms with van der Waals surface area (Å²) in [5.74, 6) is -0.140. The van der Waals surface area contributed by atoms with E-state index in [2.05, 4.69) is 4.90 Å². The fourth-order valence-electron chi connectivity index (χ4n) is 2.00. The number of para-hydroxylation sites is 1. The smallest absolute Gasteiger partial charge is 0.146 e. The van der Waals surface area contributed by atoms with Gasteiger partial charge in [-0.2, -0.15) is 0 Å². The molecule has 0 N–H and O–H groups in total. The van der Waals surface area contributed by atoms with Crippen LogP contribution in [0.25, 0.3) is 0 Å². The van der Waals surface area contributed by atoms with Gasteiger partial charge < -0.3 is 4.90 Å². The van der Waals surface area contributed by atoms with Crippen molar-refractivity contribution in [3.8, 4) is 0 Å². The van der Waals surface area contributed by atoms with Gasteiger partial charge in [0, 0.05) is 14.5 Å². The van der Waals surface area contributed by atoms with Gasteiger partial charge >= 0.3 is 0 Å². The Labute approximate surface area is 85.9 Å². The van der Waals surface area contributed by atoms with E-state index >= 15 is 0 Å². The average Bonchev–Trinajstić information content (AvgIpc) is 2.20. The summed E-state index contributed by atoms with van der Waals surface area (Å²) < 4.78 is 21.3. The number of halogens is 1. The van der Waals surface area contributed by atoms with Crippen molar-refractivity contribution in [3.05, 3.63) is 29.6 Å². The highest BCUT2D eigenvalue weighted by atomic mass is 19.1. The Balaban J connectivity index is 2.22. The molecule has 1 saturated heterocycles. The van der Waals surface area contributed by atoms with Crippen LogP contribution in [0.15, 0.2) is 18.2 Å². The van der Waals surface area contributed by atoms with Crippen molar-refractivity contribution in [3.63, 3.8) is 0 Å². The van der Waals surface area contributed by atoms with Crippen LogP contribution >= 0.6 is 0 Å². The quantitative estimate of drug-likeness (QED) is 0.664.